The van der Waals surface area contributed by atoms with Gasteiger partial charge >= 0.3 is 5.97 Å². The van der Waals surface area contributed by atoms with E-state index in [4.69, 9.17) is 14.6 Å². The van der Waals surface area contributed by atoms with E-state index in [2.05, 4.69) is 13.0 Å². The van der Waals surface area contributed by atoms with E-state index in [-0.39, 0.29) is 5.97 Å². The van der Waals surface area contributed by atoms with Crippen molar-refractivity contribution >= 4 is 11.9 Å². The van der Waals surface area contributed by atoms with Crippen LogP contribution in [0.4, 0.5) is 0 Å². The standard InChI is InChI=1S/C8H14O2.C2H4O2/c1-3-4-5-6-7-10-8(2)9;1-2(3)4/h4-5H,3,6-7H2,1-2H3;1H3,(H,3,4)/b5-4-;. The molecule has 0 saturated heterocycles. The Kier molecular flexibility index (Phi) is 12.7. The number of allylic oxidation sites excluding steroid dienone is 1. The van der Waals surface area contributed by atoms with Crippen molar-refractivity contribution in [2.45, 2.75) is 33.6 Å². The summed E-state index contributed by atoms with van der Waals surface area (Å²) in [6.07, 6.45) is 5.94. The number of aliphatic carboxylic acids is 1. The quantitative estimate of drug-likeness (QED) is 0.430. The van der Waals surface area contributed by atoms with Crippen LogP contribution in [-0.4, -0.2) is 23.7 Å². The Labute approximate surface area is 84.6 Å². The maximum absolute atomic E-state index is 10.2. The summed E-state index contributed by atoms with van der Waals surface area (Å²) in [7, 11) is 0. The Balaban J connectivity index is 0. The number of hydrogen-bond acceptors (Lipinski definition) is 3. The number of carbonyl (C=O) groups is 2. The van der Waals surface area contributed by atoms with Crippen LogP contribution in [-0.2, 0) is 14.3 Å². The van der Waals surface area contributed by atoms with Gasteiger partial charge in [0.25, 0.3) is 5.97 Å². The van der Waals surface area contributed by atoms with Crippen LogP contribution in [0.5, 0.6) is 0 Å². The molecule has 0 saturated carbocycles. The maximum atomic E-state index is 10.2. The second-order valence-electron chi connectivity index (χ2n) is 2.53. The van der Waals surface area contributed by atoms with Crippen molar-refractivity contribution in [1.29, 1.82) is 0 Å². The molecule has 0 aliphatic rings. The SMILES string of the molecule is CC(=O)O.CC/C=C\CCOC(C)=O. The van der Waals surface area contributed by atoms with Crippen molar-refractivity contribution < 1.29 is 19.4 Å². The van der Waals surface area contributed by atoms with Gasteiger partial charge in [0, 0.05) is 13.8 Å². The number of hydrogen-bond donors (Lipinski definition) is 1. The van der Waals surface area contributed by atoms with Crippen LogP contribution < -0.4 is 0 Å². The molecule has 0 atom stereocenters. The lowest BCUT2D eigenvalue weighted by molar-refractivity contribution is -0.140. The fraction of sp³-hybridized carbons (Fsp3) is 0.600. The predicted octanol–water partition coefficient (Wildman–Crippen LogP) is 2.00. The molecule has 0 aliphatic carbocycles. The predicted molar refractivity (Wildman–Crippen MR) is 54.0 cm³/mol. The highest BCUT2D eigenvalue weighted by Crippen LogP contribution is 1.87. The van der Waals surface area contributed by atoms with Gasteiger partial charge in [-0.2, -0.15) is 0 Å². The molecule has 0 spiro atoms. The third kappa shape index (κ3) is 31.0. The summed E-state index contributed by atoms with van der Waals surface area (Å²) in [6, 6.07) is 0. The van der Waals surface area contributed by atoms with Gasteiger partial charge in [-0.25, -0.2) is 0 Å². The van der Waals surface area contributed by atoms with Crippen LogP contribution >= 0.6 is 0 Å². The summed E-state index contributed by atoms with van der Waals surface area (Å²) >= 11 is 0. The van der Waals surface area contributed by atoms with Crippen molar-refractivity contribution in [3.63, 3.8) is 0 Å². The van der Waals surface area contributed by atoms with Crippen LogP contribution in [0, 0.1) is 0 Å². The van der Waals surface area contributed by atoms with E-state index < -0.39 is 5.97 Å². The van der Waals surface area contributed by atoms with Crippen molar-refractivity contribution in [1.82, 2.24) is 0 Å². The number of rotatable bonds is 4. The Morgan fingerprint density at radius 3 is 2.14 bits per heavy atom. The minimum absolute atomic E-state index is 0.204. The van der Waals surface area contributed by atoms with E-state index in [1.807, 2.05) is 6.08 Å². The number of ether oxygens (including phenoxy) is 1. The Hall–Kier alpha value is -1.32. The summed E-state index contributed by atoms with van der Waals surface area (Å²) in [6.45, 7) is 5.08. The van der Waals surface area contributed by atoms with Crippen LogP contribution in [0.25, 0.3) is 0 Å². The van der Waals surface area contributed by atoms with Crippen molar-refractivity contribution in [3.8, 4) is 0 Å². The van der Waals surface area contributed by atoms with Gasteiger partial charge in [0.1, 0.15) is 0 Å². The van der Waals surface area contributed by atoms with E-state index in [1.54, 1.807) is 0 Å². The lowest BCUT2D eigenvalue weighted by Crippen LogP contribution is -1.98. The molecule has 4 heteroatoms. The van der Waals surface area contributed by atoms with Gasteiger partial charge in [-0.05, 0) is 12.8 Å². The molecule has 0 aromatic heterocycles. The van der Waals surface area contributed by atoms with E-state index in [9.17, 15) is 4.79 Å². The highest BCUT2D eigenvalue weighted by atomic mass is 16.5. The largest absolute Gasteiger partial charge is 0.481 e. The summed E-state index contributed by atoms with van der Waals surface area (Å²) in [5.74, 6) is -1.04. The van der Waals surface area contributed by atoms with Crippen molar-refractivity contribution in [2.75, 3.05) is 6.61 Å². The number of carboxylic acids is 1. The molecule has 4 nitrogen and oxygen atoms in total. The minimum atomic E-state index is -0.833. The van der Waals surface area contributed by atoms with Gasteiger partial charge in [0.2, 0.25) is 0 Å². The van der Waals surface area contributed by atoms with E-state index in [0.29, 0.717) is 6.61 Å². The third-order valence-corrected chi connectivity index (χ3v) is 0.992. The monoisotopic (exact) mass is 202 g/mol. The fourth-order valence-corrected chi connectivity index (χ4v) is 0.555. The molecule has 14 heavy (non-hydrogen) atoms. The summed E-state index contributed by atoms with van der Waals surface area (Å²) in [4.78, 5) is 19.2. The van der Waals surface area contributed by atoms with Crippen LogP contribution in [0.2, 0.25) is 0 Å². The lowest BCUT2D eigenvalue weighted by Gasteiger charge is -1.95. The zero-order valence-electron chi connectivity index (χ0n) is 8.95. The second-order valence-corrected chi connectivity index (χ2v) is 2.53. The van der Waals surface area contributed by atoms with Crippen molar-refractivity contribution in [2.24, 2.45) is 0 Å². The van der Waals surface area contributed by atoms with Gasteiger partial charge in [-0.15, -0.1) is 0 Å². The average Bonchev–Trinajstić information content (AvgIpc) is 2.02. The highest BCUT2D eigenvalue weighted by Gasteiger charge is 1.87. The molecule has 0 unspecified atom stereocenters. The molecule has 1 N–H and O–H groups in total. The van der Waals surface area contributed by atoms with Gasteiger partial charge < -0.3 is 9.84 Å². The van der Waals surface area contributed by atoms with Crippen molar-refractivity contribution in [3.05, 3.63) is 12.2 Å². The number of carboxylic acid groups (broad SMARTS) is 1. The Bertz CT molecular complexity index is 181. The molecule has 0 radical (unpaired) electrons. The third-order valence-electron chi connectivity index (χ3n) is 0.992. The van der Waals surface area contributed by atoms with E-state index in [1.165, 1.54) is 6.92 Å². The van der Waals surface area contributed by atoms with Gasteiger partial charge in [-0.3, -0.25) is 9.59 Å². The van der Waals surface area contributed by atoms with Gasteiger partial charge in [0.05, 0.1) is 6.61 Å². The minimum Gasteiger partial charge on any atom is -0.481 e. The topological polar surface area (TPSA) is 63.6 Å². The average molecular weight is 202 g/mol. The molecule has 0 amide bonds. The molecule has 0 aromatic carbocycles. The zero-order valence-corrected chi connectivity index (χ0v) is 8.95. The summed E-state index contributed by atoms with van der Waals surface area (Å²) in [5, 5.41) is 7.42. The molecule has 0 aromatic rings. The molecule has 0 aliphatic heterocycles. The molecule has 0 fully saturated rings. The second kappa shape index (κ2) is 11.7. The van der Waals surface area contributed by atoms with Crippen LogP contribution in [0.1, 0.15) is 33.6 Å². The van der Waals surface area contributed by atoms with Crippen LogP contribution in [0.15, 0.2) is 12.2 Å². The summed E-state index contributed by atoms with van der Waals surface area (Å²) in [5.41, 5.74) is 0. The fourth-order valence-electron chi connectivity index (χ4n) is 0.555. The van der Waals surface area contributed by atoms with Crippen LogP contribution in [0.3, 0.4) is 0 Å². The van der Waals surface area contributed by atoms with E-state index >= 15 is 0 Å². The smallest absolute Gasteiger partial charge is 0.302 e. The summed E-state index contributed by atoms with van der Waals surface area (Å²) < 4.78 is 4.70. The molecular formula is C10H18O4. The molecule has 0 rings (SSSR count). The first-order valence-corrected chi connectivity index (χ1v) is 4.48. The molecular weight excluding hydrogens is 184 g/mol. The zero-order chi connectivity index (χ0) is 11.4. The first kappa shape index (κ1) is 15.2. The maximum Gasteiger partial charge on any atom is 0.302 e. The first-order valence-electron chi connectivity index (χ1n) is 4.48. The highest BCUT2D eigenvalue weighted by molar-refractivity contribution is 5.65. The first-order chi connectivity index (χ1) is 6.50. The molecule has 0 bridgehead atoms. The number of esters is 1. The molecule has 0 heterocycles. The Morgan fingerprint density at radius 2 is 1.79 bits per heavy atom. The molecule has 82 valence electrons. The Morgan fingerprint density at radius 1 is 1.29 bits per heavy atom. The number of carbonyl (C=O) groups excluding carboxylic acids is 1. The van der Waals surface area contributed by atoms with E-state index in [0.717, 1.165) is 19.8 Å². The normalized spacial score (nSPS) is 9.07. The lowest BCUT2D eigenvalue weighted by atomic mass is 10.3. The van der Waals surface area contributed by atoms with Gasteiger partial charge in [0.15, 0.2) is 0 Å². The van der Waals surface area contributed by atoms with Gasteiger partial charge in [-0.1, -0.05) is 19.1 Å².